The third kappa shape index (κ3) is 4.52. The second-order valence-corrected chi connectivity index (χ2v) is 5.55. The average Bonchev–Trinajstić information content (AvgIpc) is 2.56. The van der Waals surface area contributed by atoms with Crippen LogP contribution in [0.2, 0.25) is 0 Å². The van der Waals surface area contributed by atoms with Crippen molar-refractivity contribution in [1.82, 2.24) is 9.97 Å². The molecule has 0 aliphatic rings. The van der Waals surface area contributed by atoms with E-state index < -0.39 is 0 Å². The van der Waals surface area contributed by atoms with Gasteiger partial charge in [0, 0.05) is 25.0 Å². The molecule has 1 heterocycles. The fourth-order valence-electron chi connectivity index (χ4n) is 2.41. The first kappa shape index (κ1) is 17.9. The Morgan fingerprint density at radius 2 is 2.04 bits per heavy atom. The van der Waals surface area contributed by atoms with Crippen LogP contribution in [-0.4, -0.2) is 36.1 Å². The minimum absolute atomic E-state index is 0.237. The average molecular weight is 328 g/mol. The number of carbonyl (C=O) groups is 1. The fourth-order valence-corrected chi connectivity index (χ4v) is 2.41. The van der Waals surface area contributed by atoms with Crippen molar-refractivity contribution in [3.05, 3.63) is 46.8 Å². The van der Waals surface area contributed by atoms with Gasteiger partial charge in [-0.3, -0.25) is 4.79 Å². The summed E-state index contributed by atoms with van der Waals surface area (Å²) in [6, 6.07) is 7.68. The smallest absolute Gasteiger partial charge is 0.274 e. The van der Waals surface area contributed by atoms with Crippen molar-refractivity contribution in [2.75, 3.05) is 30.9 Å². The quantitative estimate of drug-likeness (QED) is 0.764. The van der Waals surface area contributed by atoms with Gasteiger partial charge in [-0.1, -0.05) is 25.1 Å². The van der Waals surface area contributed by atoms with Gasteiger partial charge in [-0.25, -0.2) is 9.97 Å². The first-order valence-electron chi connectivity index (χ1n) is 8.03. The Kier molecular flexibility index (Phi) is 6.26. The zero-order chi connectivity index (χ0) is 17.5. The van der Waals surface area contributed by atoms with E-state index in [-0.39, 0.29) is 5.91 Å². The van der Waals surface area contributed by atoms with Crippen LogP contribution in [-0.2, 0) is 11.2 Å². The van der Waals surface area contributed by atoms with Crippen LogP contribution in [0.25, 0.3) is 0 Å². The summed E-state index contributed by atoms with van der Waals surface area (Å²) in [5, 5.41) is 6.04. The van der Waals surface area contributed by atoms with E-state index in [2.05, 4.69) is 27.5 Å². The molecule has 0 saturated carbocycles. The maximum absolute atomic E-state index is 12.6. The van der Waals surface area contributed by atoms with Crippen molar-refractivity contribution >= 4 is 17.5 Å². The van der Waals surface area contributed by atoms with Gasteiger partial charge in [-0.2, -0.15) is 0 Å². The number of para-hydroxylation sites is 1. The molecule has 0 aliphatic carbocycles. The number of anilines is 2. The molecule has 0 aliphatic heterocycles. The normalized spacial score (nSPS) is 10.5. The molecule has 6 nitrogen and oxygen atoms in total. The van der Waals surface area contributed by atoms with Crippen LogP contribution in [0, 0.1) is 13.8 Å². The maximum atomic E-state index is 12.6. The van der Waals surface area contributed by atoms with E-state index in [4.69, 9.17) is 4.74 Å². The Labute approximate surface area is 142 Å². The van der Waals surface area contributed by atoms with Crippen LogP contribution < -0.4 is 10.6 Å². The molecule has 0 fully saturated rings. The summed E-state index contributed by atoms with van der Waals surface area (Å²) < 4.78 is 4.99. The first-order valence-corrected chi connectivity index (χ1v) is 8.03. The van der Waals surface area contributed by atoms with Gasteiger partial charge in [-0.15, -0.1) is 0 Å². The molecule has 1 aromatic heterocycles. The summed E-state index contributed by atoms with van der Waals surface area (Å²) in [6.07, 6.45) is 0.851. The number of rotatable bonds is 7. The number of ether oxygens (including phenoxy) is 1. The molecule has 0 radical (unpaired) electrons. The molecule has 0 spiro atoms. The lowest BCUT2D eigenvalue weighted by atomic mass is 10.1. The predicted molar refractivity (Wildman–Crippen MR) is 95.6 cm³/mol. The van der Waals surface area contributed by atoms with Crippen molar-refractivity contribution in [2.45, 2.75) is 27.2 Å². The lowest BCUT2D eigenvalue weighted by molar-refractivity contribution is 0.102. The zero-order valence-electron chi connectivity index (χ0n) is 14.6. The first-order chi connectivity index (χ1) is 11.5. The zero-order valence-corrected chi connectivity index (χ0v) is 14.6. The van der Waals surface area contributed by atoms with E-state index in [1.54, 1.807) is 13.2 Å². The Bertz CT molecular complexity index is 716. The van der Waals surface area contributed by atoms with Crippen LogP contribution >= 0.6 is 0 Å². The summed E-state index contributed by atoms with van der Waals surface area (Å²) in [5.41, 5.74) is 4.07. The number of nitrogens with zero attached hydrogens (tertiary/aromatic N) is 2. The summed E-state index contributed by atoms with van der Waals surface area (Å²) in [5.74, 6) is 0.192. The lowest BCUT2D eigenvalue weighted by Gasteiger charge is -2.13. The monoisotopic (exact) mass is 328 g/mol. The van der Waals surface area contributed by atoms with Gasteiger partial charge < -0.3 is 15.4 Å². The third-order valence-corrected chi connectivity index (χ3v) is 3.65. The van der Waals surface area contributed by atoms with E-state index in [9.17, 15) is 4.79 Å². The van der Waals surface area contributed by atoms with E-state index in [0.717, 1.165) is 28.9 Å². The number of benzene rings is 1. The second kappa shape index (κ2) is 8.40. The minimum atomic E-state index is -0.237. The standard InChI is InChI=1S/C18H24N4O2/c1-5-14-8-6-7-12(2)16(14)22-17(23)15-11-13(3)20-18(21-15)19-9-10-24-4/h6-8,11H,5,9-10H2,1-4H3,(H,22,23)(H,19,20,21). The molecule has 0 bridgehead atoms. The van der Waals surface area contributed by atoms with Crippen LogP contribution in [0.4, 0.5) is 11.6 Å². The number of carbonyl (C=O) groups excluding carboxylic acids is 1. The minimum Gasteiger partial charge on any atom is -0.383 e. The number of aryl methyl sites for hydroxylation is 3. The van der Waals surface area contributed by atoms with Crippen molar-refractivity contribution in [3.63, 3.8) is 0 Å². The molecule has 1 aromatic carbocycles. The lowest BCUT2D eigenvalue weighted by Crippen LogP contribution is -2.18. The van der Waals surface area contributed by atoms with E-state index in [0.29, 0.717) is 24.8 Å². The predicted octanol–water partition coefficient (Wildman–Crippen LogP) is 2.97. The number of aromatic nitrogens is 2. The Morgan fingerprint density at radius 1 is 1.25 bits per heavy atom. The Hall–Kier alpha value is -2.47. The molecular formula is C18H24N4O2. The van der Waals surface area contributed by atoms with Gasteiger partial charge in [0.1, 0.15) is 5.69 Å². The van der Waals surface area contributed by atoms with Crippen molar-refractivity contribution in [2.24, 2.45) is 0 Å². The van der Waals surface area contributed by atoms with Crippen molar-refractivity contribution in [1.29, 1.82) is 0 Å². The fraction of sp³-hybridized carbons (Fsp3) is 0.389. The highest BCUT2D eigenvalue weighted by Crippen LogP contribution is 2.21. The second-order valence-electron chi connectivity index (χ2n) is 5.55. The van der Waals surface area contributed by atoms with Crippen molar-refractivity contribution in [3.8, 4) is 0 Å². The van der Waals surface area contributed by atoms with Crippen LogP contribution in [0.5, 0.6) is 0 Å². The molecule has 2 N–H and O–H groups in total. The van der Waals surface area contributed by atoms with E-state index >= 15 is 0 Å². The maximum Gasteiger partial charge on any atom is 0.274 e. The number of amides is 1. The number of hydrogen-bond acceptors (Lipinski definition) is 5. The molecule has 128 valence electrons. The number of hydrogen-bond donors (Lipinski definition) is 2. The van der Waals surface area contributed by atoms with Crippen molar-refractivity contribution < 1.29 is 9.53 Å². The molecule has 2 aromatic rings. The van der Waals surface area contributed by atoms with E-state index in [1.165, 1.54) is 0 Å². The van der Waals surface area contributed by atoms with Crippen LogP contribution in [0.3, 0.4) is 0 Å². The summed E-state index contributed by atoms with van der Waals surface area (Å²) in [7, 11) is 1.63. The molecule has 2 rings (SSSR count). The van der Waals surface area contributed by atoms with Gasteiger partial charge in [0.15, 0.2) is 0 Å². The van der Waals surface area contributed by atoms with Gasteiger partial charge in [0.2, 0.25) is 5.95 Å². The van der Waals surface area contributed by atoms with E-state index in [1.807, 2.05) is 32.0 Å². The van der Waals surface area contributed by atoms with Gasteiger partial charge >= 0.3 is 0 Å². The molecule has 0 unspecified atom stereocenters. The molecule has 6 heteroatoms. The summed E-state index contributed by atoms with van der Waals surface area (Å²) in [6.45, 7) is 7.01. The summed E-state index contributed by atoms with van der Waals surface area (Å²) >= 11 is 0. The largest absolute Gasteiger partial charge is 0.383 e. The highest BCUT2D eigenvalue weighted by molar-refractivity contribution is 6.04. The SMILES string of the molecule is CCc1cccc(C)c1NC(=O)c1cc(C)nc(NCCOC)n1. The number of methoxy groups -OCH3 is 1. The molecule has 24 heavy (non-hydrogen) atoms. The highest BCUT2D eigenvalue weighted by Gasteiger charge is 2.13. The summed E-state index contributed by atoms with van der Waals surface area (Å²) in [4.78, 5) is 21.2. The Morgan fingerprint density at radius 3 is 2.75 bits per heavy atom. The topological polar surface area (TPSA) is 76.1 Å². The van der Waals surface area contributed by atoms with Gasteiger partial charge in [0.25, 0.3) is 5.91 Å². The Balaban J connectivity index is 2.21. The number of nitrogens with one attached hydrogen (secondary N) is 2. The van der Waals surface area contributed by atoms with Crippen LogP contribution in [0.15, 0.2) is 24.3 Å². The molecular weight excluding hydrogens is 304 g/mol. The highest BCUT2D eigenvalue weighted by atomic mass is 16.5. The van der Waals surface area contributed by atoms with Crippen LogP contribution in [0.1, 0.15) is 34.2 Å². The molecule has 0 saturated heterocycles. The third-order valence-electron chi connectivity index (χ3n) is 3.65. The van der Waals surface area contributed by atoms with Gasteiger partial charge in [-0.05, 0) is 37.5 Å². The molecule has 0 atom stereocenters. The van der Waals surface area contributed by atoms with Gasteiger partial charge in [0.05, 0.1) is 6.61 Å². The molecule has 1 amide bonds.